The van der Waals surface area contributed by atoms with Crippen LogP contribution in [0.25, 0.3) is 0 Å². The molecule has 1 aromatic rings. The van der Waals surface area contributed by atoms with Gasteiger partial charge in [0, 0.05) is 13.2 Å². The monoisotopic (exact) mass is 247 g/mol. The van der Waals surface area contributed by atoms with Gasteiger partial charge in [-0.15, -0.1) is 0 Å². The van der Waals surface area contributed by atoms with Crippen LogP contribution in [0.2, 0.25) is 0 Å². The highest BCUT2D eigenvalue weighted by Crippen LogP contribution is 2.21. The predicted molar refractivity (Wildman–Crippen MR) is 75.8 cm³/mol. The molecule has 0 heterocycles. The van der Waals surface area contributed by atoms with Gasteiger partial charge in [-0.2, -0.15) is 0 Å². The van der Waals surface area contributed by atoms with E-state index in [1.54, 1.807) is 0 Å². The highest BCUT2D eigenvalue weighted by atomic mass is 16.5. The summed E-state index contributed by atoms with van der Waals surface area (Å²) < 4.78 is 5.39. The fourth-order valence-corrected chi connectivity index (χ4v) is 2.74. The van der Waals surface area contributed by atoms with Gasteiger partial charge < -0.3 is 10.1 Å². The molecule has 2 rings (SSSR count). The summed E-state index contributed by atoms with van der Waals surface area (Å²) in [5, 5.41) is 3.65. The summed E-state index contributed by atoms with van der Waals surface area (Å²) in [6.07, 6.45) is 7.92. The minimum atomic E-state index is 0.492. The molecule has 100 valence electrons. The molecule has 1 aliphatic carbocycles. The number of benzene rings is 1. The Labute approximate surface area is 111 Å². The summed E-state index contributed by atoms with van der Waals surface area (Å²) in [5.41, 5.74) is 1.46. The smallest absolute Gasteiger partial charge is 0.0586 e. The van der Waals surface area contributed by atoms with E-state index in [4.69, 9.17) is 4.74 Å². The van der Waals surface area contributed by atoms with Crippen molar-refractivity contribution in [1.82, 2.24) is 5.32 Å². The van der Waals surface area contributed by atoms with Gasteiger partial charge in [0.1, 0.15) is 0 Å². The Hall–Kier alpha value is -0.860. The van der Waals surface area contributed by atoms with E-state index in [1.807, 2.05) is 7.11 Å². The second kappa shape index (κ2) is 7.55. The van der Waals surface area contributed by atoms with Crippen LogP contribution in [0, 0.1) is 0 Å². The van der Waals surface area contributed by atoms with Crippen molar-refractivity contribution in [3.63, 3.8) is 0 Å². The van der Waals surface area contributed by atoms with Crippen LogP contribution in [0.1, 0.15) is 37.7 Å². The molecule has 18 heavy (non-hydrogen) atoms. The number of methoxy groups -OCH3 is 1. The SMILES string of the molecule is COC1CCC(NCCCCc2ccccc2)C1. The number of rotatable bonds is 7. The molecule has 1 aliphatic rings. The number of hydrogen-bond acceptors (Lipinski definition) is 2. The first-order chi connectivity index (χ1) is 8.88. The van der Waals surface area contributed by atoms with Crippen molar-refractivity contribution in [3.05, 3.63) is 35.9 Å². The van der Waals surface area contributed by atoms with Gasteiger partial charge in [0.2, 0.25) is 0 Å². The van der Waals surface area contributed by atoms with Crippen LogP contribution in [-0.2, 0) is 11.2 Å². The van der Waals surface area contributed by atoms with Crippen molar-refractivity contribution in [1.29, 1.82) is 0 Å². The molecule has 0 radical (unpaired) electrons. The van der Waals surface area contributed by atoms with E-state index in [9.17, 15) is 0 Å². The standard InChI is InChI=1S/C16H25NO/c1-18-16-11-10-15(13-16)17-12-6-5-9-14-7-3-2-4-8-14/h2-4,7-8,15-17H,5-6,9-13H2,1H3. The summed E-state index contributed by atoms with van der Waals surface area (Å²) in [6.45, 7) is 1.15. The lowest BCUT2D eigenvalue weighted by molar-refractivity contribution is 0.107. The average Bonchev–Trinajstić information content (AvgIpc) is 2.87. The van der Waals surface area contributed by atoms with Crippen LogP contribution in [0.15, 0.2) is 30.3 Å². The Morgan fingerprint density at radius 1 is 1.17 bits per heavy atom. The van der Waals surface area contributed by atoms with Crippen molar-refractivity contribution in [3.8, 4) is 0 Å². The Kier molecular flexibility index (Phi) is 5.69. The number of hydrogen-bond donors (Lipinski definition) is 1. The molecule has 2 heteroatoms. The maximum absolute atomic E-state index is 5.39. The van der Waals surface area contributed by atoms with Crippen molar-refractivity contribution in [2.24, 2.45) is 0 Å². The van der Waals surface area contributed by atoms with Crippen LogP contribution >= 0.6 is 0 Å². The van der Waals surface area contributed by atoms with Gasteiger partial charge in [0.05, 0.1) is 6.10 Å². The predicted octanol–water partition coefficient (Wildman–Crippen LogP) is 3.17. The normalized spacial score (nSPS) is 23.4. The fraction of sp³-hybridized carbons (Fsp3) is 0.625. The van der Waals surface area contributed by atoms with E-state index in [2.05, 4.69) is 35.6 Å². The number of unbranched alkanes of at least 4 members (excludes halogenated alkanes) is 1. The zero-order valence-electron chi connectivity index (χ0n) is 11.4. The second-order valence-corrected chi connectivity index (χ2v) is 5.26. The number of aryl methyl sites for hydroxylation is 1. The molecule has 0 aromatic heterocycles. The van der Waals surface area contributed by atoms with Crippen LogP contribution in [0.4, 0.5) is 0 Å². The minimum Gasteiger partial charge on any atom is -0.381 e. The van der Waals surface area contributed by atoms with E-state index < -0.39 is 0 Å². The largest absolute Gasteiger partial charge is 0.381 e. The molecule has 0 amide bonds. The van der Waals surface area contributed by atoms with Gasteiger partial charge in [-0.25, -0.2) is 0 Å². The van der Waals surface area contributed by atoms with Crippen molar-refractivity contribution in [2.75, 3.05) is 13.7 Å². The van der Waals surface area contributed by atoms with E-state index in [-0.39, 0.29) is 0 Å². The maximum Gasteiger partial charge on any atom is 0.0586 e. The number of ether oxygens (including phenoxy) is 1. The van der Waals surface area contributed by atoms with Gasteiger partial charge in [-0.3, -0.25) is 0 Å². The highest BCUT2D eigenvalue weighted by Gasteiger charge is 2.23. The first-order valence-corrected chi connectivity index (χ1v) is 7.18. The zero-order chi connectivity index (χ0) is 12.6. The third-order valence-corrected chi connectivity index (χ3v) is 3.89. The van der Waals surface area contributed by atoms with Crippen LogP contribution in [0.5, 0.6) is 0 Å². The molecule has 1 N–H and O–H groups in total. The third kappa shape index (κ3) is 4.43. The van der Waals surface area contributed by atoms with Gasteiger partial charge in [-0.1, -0.05) is 30.3 Å². The maximum atomic E-state index is 5.39. The third-order valence-electron chi connectivity index (χ3n) is 3.89. The molecular weight excluding hydrogens is 222 g/mol. The van der Waals surface area contributed by atoms with Crippen molar-refractivity contribution < 1.29 is 4.74 Å². The molecule has 1 aromatic carbocycles. The zero-order valence-corrected chi connectivity index (χ0v) is 11.4. The van der Waals surface area contributed by atoms with Crippen LogP contribution in [-0.4, -0.2) is 25.8 Å². The Morgan fingerprint density at radius 3 is 2.72 bits per heavy atom. The Balaban J connectivity index is 1.52. The van der Waals surface area contributed by atoms with E-state index >= 15 is 0 Å². The van der Waals surface area contributed by atoms with E-state index in [0.717, 1.165) is 6.54 Å². The summed E-state index contributed by atoms with van der Waals surface area (Å²) >= 11 is 0. The molecule has 0 saturated heterocycles. The lowest BCUT2D eigenvalue weighted by Crippen LogP contribution is -2.28. The Morgan fingerprint density at radius 2 is 2.00 bits per heavy atom. The second-order valence-electron chi connectivity index (χ2n) is 5.26. The van der Waals surface area contributed by atoms with E-state index in [1.165, 1.54) is 44.1 Å². The molecule has 2 atom stereocenters. The quantitative estimate of drug-likeness (QED) is 0.747. The van der Waals surface area contributed by atoms with Crippen molar-refractivity contribution >= 4 is 0 Å². The minimum absolute atomic E-state index is 0.492. The van der Waals surface area contributed by atoms with Gasteiger partial charge in [0.25, 0.3) is 0 Å². The summed E-state index contributed by atoms with van der Waals surface area (Å²) in [7, 11) is 1.83. The molecule has 2 nitrogen and oxygen atoms in total. The first kappa shape index (κ1) is 13.6. The van der Waals surface area contributed by atoms with Gasteiger partial charge in [-0.05, 0) is 50.6 Å². The van der Waals surface area contributed by atoms with Gasteiger partial charge in [0.15, 0.2) is 0 Å². The summed E-state index contributed by atoms with van der Waals surface area (Å²) in [6, 6.07) is 11.4. The first-order valence-electron chi connectivity index (χ1n) is 7.18. The van der Waals surface area contributed by atoms with Crippen LogP contribution in [0.3, 0.4) is 0 Å². The molecule has 1 fully saturated rings. The molecule has 0 bridgehead atoms. The molecular formula is C16H25NO. The summed E-state index contributed by atoms with van der Waals surface area (Å²) in [4.78, 5) is 0. The van der Waals surface area contributed by atoms with Crippen LogP contribution < -0.4 is 5.32 Å². The lowest BCUT2D eigenvalue weighted by Gasteiger charge is -2.12. The molecule has 0 spiro atoms. The van der Waals surface area contributed by atoms with E-state index in [0.29, 0.717) is 12.1 Å². The molecule has 0 aliphatic heterocycles. The molecule has 1 saturated carbocycles. The summed E-state index contributed by atoms with van der Waals surface area (Å²) in [5.74, 6) is 0. The highest BCUT2D eigenvalue weighted by molar-refractivity contribution is 5.14. The van der Waals surface area contributed by atoms with Crippen molar-refractivity contribution in [2.45, 2.75) is 50.7 Å². The Bertz CT molecular complexity index is 325. The lowest BCUT2D eigenvalue weighted by atomic mass is 10.1. The molecule has 2 unspecified atom stereocenters. The number of nitrogens with one attached hydrogen (secondary N) is 1. The average molecular weight is 247 g/mol. The topological polar surface area (TPSA) is 21.3 Å². The van der Waals surface area contributed by atoms with Gasteiger partial charge >= 0.3 is 0 Å². The fourth-order valence-electron chi connectivity index (χ4n) is 2.74.